The van der Waals surface area contributed by atoms with E-state index in [9.17, 15) is 27.9 Å². The first kappa shape index (κ1) is 28.9. The molecule has 41 heavy (non-hydrogen) atoms. The second-order valence-electron chi connectivity index (χ2n) is 10.5. The van der Waals surface area contributed by atoms with Crippen LogP contribution in [0.4, 0.5) is 0 Å². The molecule has 3 atom stereocenters. The lowest BCUT2D eigenvalue weighted by Crippen LogP contribution is -2.48. The number of hydrogen-bond donors (Lipinski definition) is 3. The standard InChI is InChI=1S/C29H26Cl2N2O7S/c1-28(31)13-18-11-17(25(34)32-15-19-6-4-10-40-19)8-9-21(18)24(30)23(28)26(35)33-29(27(36)37)14-22(29)16-5-3-7-20(12-16)41(2,38)39/h3-12,22H,13-15H2,1-2H3,(H,32,34)(H,33,35)(H,36,37). The Labute approximate surface area is 246 Å². The lowest BCUT2D eigenvalue weighted by molar-refractivity contribution is -0.142. The van der Waals surface area contributed by atoms with Crippen molar-refractivity contribution in [2.75, 3.05) is 6.26 Å². The average Bonchev–Trinajstić information content (AvgIpc) is 3.38. The van der Waals surface area contributed by atoms with Gasteiger partial charge in [-0.3, -0.25) is 9.59 Å². The molecule has 0 radical (unpaired) electrons. The molecule has 1 saturated carbocycles. The second-order valence-corrected chi connectivity index (χ2v) is 13.8. The van der Waals surface area contributed by atoms with Gasteiger partial charge in [0.25, 0.3) is 11.8 Å². The first-order valence-corrected chi connectivity index (χ1v) is 15.3. The van der Waals surface area contributed by atoms with Crippen LogP contribution in [0.15, 0.2) is 75.7 Å². The molecule has 12 heteroatoms. The van der Waals surface area contributed by atoms with E-state index < -0.39 is 38.0 Å². The maximum absolute atomic E-state index is 13.6. The van der Waals surface area contributed by atoms with E-state index in [1.165, 1.54) is 24.5 Å². The number of sulfone groups is 1. The highest BCUT2D eigenvalue weighted by Gasteiger charge is 2.63. The van der Waals surface area contributed by atoms with E-state index in [1.807, 2.05) is 0 Å². The Hall–Kier alpha value is -3.60. The second kappa shape index (κ2) is 10.3. The average molecular weight is 618 g/mol. The number of halogens is 2. The Kier molecular flexibility index (Phi) is 7.30. The maximum atomic E-state index is 13.6. The zero-order valence-electron chi connectivity index (χ0n) is 22.0. The van der Waals surface area contributed by atoms with Crippen LogP contribution in [0.3, 0.4) is 0 Å². The smallest absolute Gasteiger partial charge is 0.330 e. The molecule has 3 aromatic rings. The predicted octanol–water partition coefficient (Wildman–Crippen LogP) is 4.24. The molecule has 0 saturated heterocycles. The van der Waals surface area contributed by atoms with E-state index >= 15 is 0 Å². The fourth-order valence-electron chi connectivity index (χ4n) is 5.24. The molecule has 9 nitrogen and oxygen atoms in total. The van der Waals surface area contributed by atoms with Crippen LogP contribution < -0.4 is 10.6 Å². The number of aliphatic carboxylic acids is 1. The summed E-state index contributed by atoms with van der Waals surface area (Å²) in [7, 11) is -3.51. The summed E-state index contributed by atoms with van der Waals surface area (Å²) in [5, 5.41) is 15.6. The number of carbonyl (C=O) groups is 3. The Morgan fingerprint density at radius 1 is 1.10 bits per heavy atom. The number of carboxylic acids is 1. The number of rotatable bonds is 8. The molecular weight excluding hydrogens is 591 g/mol. The molecule has 2 aliphatic carbocycles. The molecule has 2 aliphatic rings. The van der Waals surface area contributed by atoms with Crippen molar-refractivity contribution in [3.63, 3.8) is 0 Å². The van der Waals surface area contributed by atoms with Crippen molar-refractivity contribution >= 4 is 55.9 Å². The summed E-state index contributed by atoms with van der Waals surface area (Å²) < 4.78 is 29.3. The third-order valence-corrected chi connectivity index (χ3v) is 9.29. The number of fused-ring (bicyclic) bond motifs is 1. The lowest BCUT2D eigenvalue weighted by Gasteiger charge is -2.33. The normalized spacial score (nSPS) is 23.5. The van der Waals surface area contributed by atoms with Gasteiger partial charge in [0.2, 0.25) is 0 Å². The van der Waals surface area contributed by atoms with Gasteiger partial charge < -0.3 is 20.2 Å². The lowest BCUT2D eigenvalue weighted by atomic mass is 9.82. The minimum Gasteiger partial charge on any atom is -0.479 e. The highest BCUT2D eigenvalue weighted by molar-refractivity contribution is 7.90. The van der Waals surface area contributed by atoms with E-state index in [2.05, 4.69) is 10.6 Å². The summed E-state index contributed by atoms with van der Waals surface area (Å²) in [4.78, 5) is 37.4. The molecule has 214 valence electrons. The molecule has 5 rings (SSSR count). The molecule has 0 bridgehead atoms. The quantitative estimate of drug-likeness (QED) is 0.321. The molecule has 2 amide bonds. The zero-order valence-corrected chi connectivity index (χ0v) is 24.4. The van der Waals surface area contributed by atoms with Gasteiger partial charge in [-0.2, -0.15) is 0 Å². The Balaban J connectivity index is 1.40. The summed E-state index contributed by atoms with van der Waals surface area (Å²) in [6.45, 7) is 1.82. The monoisotopic (exact) mass is 616 g/mol. The number of furan rings is 1. The van der Waals surface area contributed by atoms with Crippen LogP contribution in [0.5, 0.6) is 0 Å². The summed E-state index contributed by atoms with van der Waals surface area (Å²) in [5.41, 5.74) is 0.387. The molecule has 3 N–H and O–H groups in total. The fourth-order valence-corrected chi connectivity index (χ4v) is 6.77. The molecule has 1 heterocycles. The Morgan fingerprint density at radius 3 is 2.51 bits per heavy atom. The van der Waals surface area contributed by atoms with Gasteiger partial charge in [0.1, 0.15) is 11.3 Å². The predicted molar refractivity (Wildman–Crippen MR) is 152 cm³/mol. The highest BCUT2D eigenvalue weighted by atomic mass is 35.5. The number of nitrogens with one attached hydrogen (secondary N) is 2. The number of hydrogen-bond acceptors (Lipinski definition) is 6. The Bertz CT molecular complexity index is 1710. The van der Waals surface area contributed by atoms with Crippen molar-refractivity contribution in [1.82, 2.24) is 10.6 Å². The van der Waals surface area contributed by atoms with Crippen molar-refractivity contribution in [3.8, 4) is 0 Å². The van der Waals surface area contributed by atoms with Crippen LogP contribution in [-0.2, 0) is 32.4 Å². The van der Waals surface area contributed by atoms with Crippen LogP contribution >= 0.6 is 23.2 Å². The number of carboxylic acid groups (broad SMARTS) is 1. The summed E-state index contributed by atoms with van der Waals surface area (Å²) in [6, 6.07) is 14.4. The van der Waals surface area contributed by atoms with E-state index in [4.69, 9.17) is 27.6 Å². The molecule has 0 spiro atoms. The van der Waals surface area contributed by atoms with Gasteiger partial charge in [0, 0.05) is 17.7 Å². The molecule has 3 unspecified atom stereocenters. The van der Waals surface area contributed by atoms with E-state index in [-0.39, 0.29) is 40.8 Å². The highest BCUT2D eigenvalue weighted by Crippen LogP contribution is 2.53. The molecule has 0 aliphatic heterocycles. The largest absolute Gasteiger partial charge is 0.479 e. The molecule has 2 aromatic carbocycles. The third-order valence-electron chi connectivity index (χ3n) is 7.47. The van der Waals surface area contributed by atoms with Crippen molar-refractivity contribution in [3.05, 3.63) is 94.4 Å². The van der Waals surface area contributed by atoms with Gasteiger partial charge in [-0.1, -0.05) is 29.8 Å². The number of alkyl halides is 1. The minimum absolute atomic E-state index is 0.0134. The number of benzene rings is 2. The minimum atomic E-state index is -3.51. The molecule has 1 aromatic heterocycles. The van der Waals surface area contributed by atoms with Crippen molar-refractivity contribution in [2.45, 2.75) is 47.5 Å². The number of carbonyl (C=O) groups excluding carboxylic acids is 2. The summed E-state index contributed by atoms with van der Waals surface area (Å²) in [6.07, 6.45) is 2.81. The SMILES string of the molecule is CC1(Cl)Cc2cc(C(=O)NCc3ccco3)ccc2C(Cl)=C1C(=O)NC1(C(=O)O)CC1c1cccc(S(C)(=O)=O)c1. The summed E-state index contributed by atoms with van der Waals surface area (Å²) in [5.74, 6) is -2.36. The molecular formula is C29H26Cl2N2O7S. The maximum Gasteiger partial charge on any atom is 0.330 e. The van der Waals surface area contributed by atoms with E-state index in [0.717, 1.165) is 6.26 Å². The Morgan fingerprint density at radius 2 is 1.85 bits per heavy atom. The first-order chi connectivity index (χ1) is 19.2. The third kappa shape index (κ3) is 5.51. The van der Waals surface area contributed by atoms with Crippen molar-refractivity contribution < 1.29 is 32.3 Å². The van der Waals surface area contributed by atoms with Crippen LogP contribution in [0.25, 0.3) is 5.03 Å². The van der Waals surface area contributed by atoms with Gasteiger partial charge in [-0.25, -0.2) is 13.2 Å². The van der Waals surface area contributed by atoms with Crippen LogP contribution in [0.1, 0.15) is 52.1 Å². The van der Waals surface area contributed by atoms with Crippen molar-refractivity contribution in [2.24, 2.45) is 0 Å². The summed E-state index contributed by atoms with van der Waals surface area (Å²) >= 11 is 13.6. The van der Waals surface area contributed by atoms with Gasteiger partial charge in [0.05, 0.1) is 33.2 Å². The topological polar surface area (TPSA) is 143 Å². The first-order valence-electron chi connectivity index (χ1n) is 12.6. The fraction of sp³-hybridized carbons (Fsp3) is 0.276. The van der Waals surface area contributed by atoms with Crippen LogP contribution in [-0.4, -0.2) is 48.0 Å². The van der Waals surface area contributed by atoms with E-state index in [0.29, 0.717) is 28.0 Å². The number of amides is 2. The van der Waals surface area contributed by atoms with Gasteiger partial charge in [0.15, 0.2) is 9.84 Å². The van der Waals surface area contributed by atoms with Crippen LogP contribution in [0, 0.1) is 0 Å². The van der Waals surface area contributed by atoms with Gasteiger partial charge >= 0.3 is 5.97 Å². The molecule has 1 fully saturated rings. The van der Waals surface area contributed by atoms with E-state index in [1.54, 1.807) is 43.3 Å². The van der Waals surface area contributed by atoms with Gasteiger partial charge in [-0.05, 0) is 72.9 Å². The van der Waals surface area contributed by atoms with Crippen molar-refractivity contribution in [1.29, 1.82) is 0 Å². The van der Waals surface area contributed by atoms with Crippen LogP contribution in [0.2, 0.25) is 0 Å². The van der Waals surface area contributed by atoms with Gasteiger partial charge in [-0.15, -0.1) is 11.6 Å². The zero-order chi connectivity index (χ0) is 29.7.